The third kappa shape index (κ3) is 8.01. The highest BCUT2D eigenvalue weighted by Gasteiger charge is 2.69. The lowest BCUT2D eigenvalue weighted by Crippen LogP contribution is -2.43. The summed E-state index contributed by atoms with van der Waals surface area (Å²) in [6, 6.07) is 8.11. The largest absolute Gasteiger partial charge is 0.465 e. The van der Waals surface area contributed by atoms with Crippen LogP contribution in [0.2, 0.25) is 10.0 Å². The Labute approximate surface area is 274 Å². The van der Waals surface area contributed by atoms with Crippen LogP contribution in [0.1, 0.15) is 77.6 Å². The van der Waals surface area contributed by atoms with Gasteiger partial charge in [-0.3, -0.25) is 4.79 Å². The molecule has 2 aromatic carbocycles. The Morgan fingerprint density at radius 2 is 1.56 bits per heavy atom. The summed E-state index contributed by atoms with van der Waals surface area (Å²) in [5, 5.41) is 10.2. The number of ether oxygens (including phenoxy) is 3. The molecular weight excluding hydrogens is 658 g/mol. The van der Waals surface area contributed by atoms with Gasteiger partial charge in [-0.25, -0.2) is 14.5 Å². The van der Waals surface area contributed by atoms with Gasteiger partial charge in [0.15, 0.2) is 0 Å². The topological polar surface area (TPSA) is 102 Å². The van der Waals surface area contributed by atoms with Gasteiger partial charge < -0.3 is 19.3 Å². The predicted molar refractivity (Wildman–Crippen MR) is 165 cm³/mol. The number of benzene rings is 2. The molecule has 248 valence electrons. The highest BCUT2D eigenvalue weighted by molar-refractivity contribution is 8.02. The molecule has 3 unspecified atom stereocenters. The van der Waals surface area contributed by atoms with E-state index in [4.69, 9.17) is 37.4 Å². The summed E-state index contributed by atoms with van der Waals surface area (Å²) < 4.78 is 58.0. The molecule has 0 aliphatic carbocycles. The summed E-state index contributed by atoms with van der Waals surface area (Å²) >= 11 is 12.4. The van der Waals surface area contributed by atoms with Crippen LogP contribution in [-0.2, 0) is 29.4 Å². The van der Waals surface area contributed by atoms with Crippen molar-refractivity contribution in [3.8, 4) is 0 Å². The summed E-state index contributed by atoms with van der Waals surface area (Å²) in [7, 11) is 0. The maximum absolute atomic E-state index is 15.0. The van der Waals surface area contributed by atoms with E-state index in [1.54, 1.807) is 41.5 Å². The molecule has 45 heavy (non-hydrogen) atoms. The normalized spacial score (nSPS) is 22.6. The quantitative estimate of drug-likeness (QED) is 0.227. The third-order valence-corrected chi connectivity index (χ3v) is 9.23. The number of nitrogens with zero attached hydrogens (tertiary/aromatic N) is 1. The Kier molecular flexibility index (Phi) is 11.1. The first-order valence-corrected chi connectivity index (χ1v) is 15.7. The van der Waals surface area contributed by atoms with Crippen molar-refractivity contribution in [2.24, 2.45) is 0 Å². The standard InChI is InChI=1S/C31H36Cl2F3NO7S/c1-8-42-25(38)24-29(41,16-30(45-24,31(34,35)36)21-13-22(32)15-23(33)14-21)20-11-9-19(10-12-20)18(4)37(26(39)43-17(2)3)27(40)44-28(5,6)7/h9-15,17-18,24,41H,8,16H2,1-7H3/t18-,24?,29?,30?/m0/s1. The van der Waals surface area contributed by atoms with E-state index >= 15 is 13.2 Å². The Morgan fingerprint density at radius 3 is 2.02 bits per heavy atom. The van der Waals surface area contributed by atoms with E-state index in [1.807, 2.05) is 0 Å². The molecule has 1 aliphatic rings. The van der Waals surface area contributed by atoms with Crippen LogP contribution in [0.3, 0.4) is 0 Å². The number of rotatable bonds is 7. The van der Waals surface area contributed by atoms with Gasteiger partial charge in [-0.15, -0.1) is 11.8 Å². The molecule has 3 rings (SSSR count). The van der Waals surface area contributed by atoms with Crippen molar-refractivity contribution in [1.29, 1.82) is 0 Å². The molecule has 2 amide bonds. The van der Waals surface area contributed by atoms with Crippen LogP contribution in [0.25, 0.3) is 0 Å². The Balaban J connectivity index is 2.10. The van der Waals surface area contributed by atoms with Gasteiger partial charge in [0.05, 0.1) is 18.8 Å². The molecule has 1 heterocycles. The zero-order valence-corrected chi connectivity index (χ0v) is 28.2. The molecule has 0 spiro atoms. The Bertz CT molecular complexity index is 1400. The minimum absolute atomic E-state index is 0.0168. The monoisotopic (exact) mass is 693 g/mol. The molecule has 4 atom stereocenters. The third-order valence-electron chi connectivity index (χ3n) is 6.96. The van der Waals surface area contributed by atoms with E-state index in [1.165, 1.54) is 37.3 Å². The number of alkyl halides is 3. The molecule has 14 heteroatoms. The minimum Gasteiger partial charge on any atom is -0.465 e. The zero-order valence-electron chi connectivity index (χ0n) is 25.8. The molecule has 1 aliphatic heterocycles. The number of hydrogen-bond donors (Lipinski definition) is 1. The number of aliphatic hydroxyl groups is 1. The van der Waals surface area contributed by atoms with Crippen molar-refractivity contribution in [3.63, 3.8) is 0 Å². The Morgan fingerprint density at radius 1 is 1.00 bits per heavy atom. The van der Waals surface area contributed by atoms with Crippen LogP contribution < -0.4 is 0 Å². The second kappa shape index (κ2) is 13.6. The average Bonchev–Trinajstić information content (AvgIpc) is 3.23. The first-order chi connectivity index (χ1) is 20.6. The van der Waals surface area contributed by atoms with Crippen molar-refractivity contribution < 1.29 is 46.9 Å². The van der Waals surface area contributed by atoms with Gasteiger partial charge in [-0.1, -0.05) is 47.5 Å². The maximum Gasteiger partial charge on any atom is 0.420 e. The second-order valence-electron chi connectivity index (χ2n) is 11.9. The van der Waals surface area contributed by atoms with E-state index in [2.05, 4.69) is 0 Å². The predicted octanol–water partition coefficient (Wildman–Crippen LogP) is 8.55. The zero-order chi connectivity index (χ0) is 34.1. The fourth-order valence-electron chi connectivity index (χ4n) is 4.97. The van der Waals surface area contributed by atoms with E-state index in [0.29, 0.717) is 5.56 Å². The van der Waals surface area contributed by atoms with Crippen LogP contribution in [0.5, 0.6) is 0 Å². The van der Waals surface area contributed by atoms with Crippen molar-refractivity contribution in [2.75, 3.05) is 6.61 Å². The highest BCUT2D eigenvalue weighted by atomic mass is 35.5. The lowest BCUT2D eigenvalue weighted by molar-refractivity contribution is -0.174. The number of hydrogen-bond acceptors (Lipinski definition) is 8. The number of thioether (sulfide) groups is 1. The van der Waals surface area contributed by atoms with E-state index in [0.717, 1.165) is 17.0 Å². The average molecular weight is 695 g/mol. The Hall–Kier alpha value is -2.67. The molecule has 1 saturated heterocycles. The number of esters is 1. The summed E-state index contributed by atoms with van der Waals surface area (Å²) in [6.07, 6.45) is -8.39. The number of halogens is 5. The molecule has 0 bridgehead atoms. The molecule has 0 saturated carbocycles. The highest BCUT2D eigenvalue weighted by Crippen LogP contribution is 2.65. The number of amides is 2. The maximum atomic E-state index is 15.0. The lowest BCUT2D eigenvalue weighted by Gasteiger charge is -2.33. The van der Waals surface area contributed by atoms with Crippen LogP contribution in [-0.4, -0.2) is 57.9 Å². The fourth-order valence-corrected chi connectivity index (χ4v) is 7.17. The van der Waals surface area contributed by atoms with E-state index in [9.17, 15) is 19.5 Å². The first kappa shape index (κ1) is 36.8. The SMILES string of the molecule is CCOC(=O)C1SC(c2cc(Cl)cc(Cl)c2)(C(F)(F)F)CC1(O)c1ccc([C@H](C)N(C(=O)OC(C)C)C(=O)OC(C)(C)C)cc1. The van der Waals surface area contributed by atoms with Gasteiger partial charge in [-0.05, 0) is 83.4 Å². The van der Waals surface area contributed by atoms with Gasteiger partial charge in [0.1, 0.15) is 21.2 Å². The van der Waals surface area contributed by atoms with Gasteiger partial charge in [-0.2, -0.15) is 13.2 Å². The lowest BCUT2D eigenvalue weighted by atomic mass is 9.79. The molecule has 8 nitrogen and oxygen atoms in total. The molecule has 1 N–H and O–H groups in total. The van der Waals surface area contributed by atoms with Gasteiger partial charge in [0, 0.05) is 16.5 Å². The van der Waals surface area contributed by atoms with E-state index in [-0.39, 0.29) is 39.5 Å². The van der Waals surface area contributed by atoms with Crippen LogP contribution in [0, 0.1) is 0 Å². The second-order valence-corrected chi connectivity index (χ2v) is 14.2. The number of carbonyl (C=O) groups excluding carboxylic acids is 3. The first-order valence-electron chi connectivity index (χ1n) is 14.1. The van der Waals surface area contributed by atoms with Gasteiger partial charge in [0.2, 0.25) is 0 Å². The van der Waals surface area contributed by atoms with Gasteiger partial charge in [0.25, 0.3) is 0 Å². The molecule has 2 aromatic rings. The van der Waals surface area contributed by atoms with Crippen molar-refractivity contribution >= 4 is 53.1 Å². The van der Waals surface area contributed by atoms with Crippen LogP contribution in [0.15, 0.2) is 42.5 Å². The molecule has 0 radical (unpaired) electrons. The summed E-state index contributed by atoms with van der Waals surface area (Å²) in [6.45, 7) is 11.0. The molecular formula is C31H36Cl2F3NO7S. The summed E-state index contributed by atoms with van der Waals surface area (Å²) in [4.78, 5) is 39.9. The van der Waals surface area contributed by atoms with Crippen molar-refractivity contribution in [2.45, 2.75) is 94.4 Å². The summed E-state index contributed by atoms with van der Waals surface area (Å²) in [5.74, 6) is -1.03. The fraction of sp³-hybridized carbons (Fsp3) is 0.516. The van der Waals surface area contributed by atoms with Crippen LogP contribution in [0.4, 0.5) is 22.8 Å². The van der Waals surface area contributed by atoms with Gasteiger partial charge >= 0.3 is 24.3 Å². The minimum atomic E-state index is -4.96. The smallest absolute Gasteiger partial charge is 0.420 e. The van der Waals surface area contributed by atoms with Crippen LogP contribution >= 0.6 is 35.0 Å². The number of imide groups is 1. The molecule has 0 aromatic heterocycles. The molecule has 1 fully saturated rings. The number of carbonyl (C=O) groups is 3. The van der Waals surface area contributed by atoms with Crippen molar-refractivity contribution in [1.82, 2.24) is 4.90 Å². The van der Waals surface area contributed by atoms with Crippen molar-refractivity contribution in [3.05, 3.63) is 69.2 Å². The van der Waals surface area contributed by atoms with E-state index < -0.39 is 64.1 Å². The summed E-state index contributed by atoms with van der Waals surface area (Å²) in [5.41, 5.74) is -3.28.